The van der Waals surface area contributed by atoms with Crippen molar-refractivity contribution in [1.82, 2.24) is 9.97 Å². The molecule has 0 spiro atoms. The number of H-pyrrole nitrogens is 1. The molecule has 0 saturated heterocycles. The van der Waals surface area contributed by atoms with Gasteiger partial charge in [-0.05, 0) is 24.3 Å². The van der Waals surface area contributed by atoms with Crippen LogP contribution >= 0.6 is 0 Å². The Kier molecular flexibility index (Phi) is 4.74. The van der Waals surface area contributed by atoms with Crippen molar-refractivity contribution in [3.05, 3.63) is 46.8 Å². The molecule has 0 bridgehead atoms. The number of para-hydroxylation sites is 1. The van der Waals surface area contributed by atoms with Crippen molar-refractivity contribution < 1.29 is 24.1 Å². The molecule has 2 N–H and O–H groups in total. The van der Waals surface area contributed by atoms with Crippen molar-refractivity contribution >= 4 is 16.9 Å². The van der Waals surface area contributed by atoms with Gasteiger partial charge < -0.3 is 24.3 Å². The average Bonchev–Trinajstić information content (AvgIpc) is 2.65. The van der Waals surface area contributed by atoms with E-state index in [9.17, 15) is 9.59 Å². The summed E-state index contributed by atoms with van der Waals surface area (Å²) in [5.41, 5.74) is 0.814. The Bertz CT molecular complexity index is 1000. The van der Waals surface area contributed by atoms with Gasteiger partial charge in [0, 0.05) is 5.56 Å². The predicted molar refractivity (Wildman–Crippen MR) is 94.0 cm³/mol. The Morgan fingerprint density at radius 2 is 1.81 bits per heavy atom. The molecule has 0 atom stereocenters. The summed E-state index contributed by atoms with van der Waals surface area (Å²) in [5, 5.41) is 9.29. The smallest absolute Gasteiger partial charge is 0.341 e. The Balaban J connectivity index is 2.14. The van der Waals surface area contributed by atoms with E-state index in [1.807, 2.05) is 0 Å². The predicted octanol–water partition coefficient (Wildman–Crippen LogP) is 2.07. The first-order chi connectivity index (χ1) is 12.5. The second-order valence-electron chi connectivity index (χ2n) is 5.32. The maximum Gasteiger partial charge on any atom is 0.341 e. The third-order valence-corrected chi connectivity index (χ3v) is 3.69. The maximum absolute atomic E-state index is 12.3. The lowest BCUT2D eigenvalue weighted by Crippen LogP contribution is -2.11. The number of hydrogen-bond donors (Lipinski definition) is 2. The number of ether oxygens (including phenoxy) is 3. The molecule has 26 heavy (non-hydrogen) atoms. The number of carboxylic acids is 1. The third kappa shape index (κ3) is 3.30. The summed E-state index contributed by atoms with van der Waals surface area (Å²) in [6.07, 6.45) is 0. The van der Waals surface area contributed by atoms with Crippen LogP contribution in [0.3, 0.4) is 0 Å². The lowest BCUT2D eigenvalue weighted by atomic mass is 10.1. The Hall–Kier alpha value is -3.55. The molecule has 0 aliphatic rings. The minimum absolute atomic E-state index is 0.157. The number of aliphatic carboxylic acids is 1. The van der Waals surface area contributed by atoms with E-state index in [2.05, 4.69) is 9.97 Å². The summed E-state index contributed by atoms with van der Waals surface area (Å²) in [6, 6.07) is 10.2. The molecule has 1 heterocycles. The standard InChI is InChI=1S/C18H16N2O6/c1-24-13-7-10(8-14(25-2)16(13)26-9-15(21)22)17-19-12-6-4-3-5-11(12)18(23)20-17/h3-8H,9H2,1-2H3,(H,21,22)(H,19,20,23). The minimum Gasteiger partial charge on any atom is -0.493 e. The highest BCUT2D eigenvalue weighted by molar-refractivity contribution is 5.80. The molecule has 0 aliphatic carbocycles. The zero-order valence-electron chi connectivity index (χ0n) is 14.1. The van der Waals surface area contributed by atoms with Gasteiger partial charge in [0.05, 0.1) is 25.1 Å². The zero-order chi connectivity index (χ0) is 18.7. The van der Waals surface area contributed by atoms with Gasteiger partial charge in [-0.2, -0.15) is 0 Å². The summed E-state index contributed by atoms with van der Waals surface area (Å²) in [5.74, 6) is -0.120. The SMILES string of the molecule is COc1cc(-c2nc3ccccc3c(=O)[nH]2)cc(OC)c1OCC(=O)O. The molecule has 0 aliphatic heterocycles. The van der Waals surface area contributed by atoms with Gasteiger partial charge in [-0.25, -0.2) is 9.78 Å². The van der Waals surface area contributed by atoms with E-state index in [4.69, 9.17) is 19.3 Å². The summed E-state index contributed by atoms with van der Waals surface area (Å²) >= 11 is 0. The first kappa shape index (κ1) is 17.3. The molecule has 0 fully saturated rings. The molecule has 0 unspecified atom stereocenters. The number of aromatic nitrogens is 2. The fourth-order valence-electron chi connectivity index (χ4n) is 2.52. The second kappa shape index (κ2) is 7.14. The van der Waals surface area contributed by atoms with Crippen molar-refractivity contribution in [1.29, 1.82) is 0 Å². The number of fused-ring (bicyclic) bond motifs is 1. The molecular weight excluding hydrogens is 340 g/mol. The van der Waals surface area contributed by atoms with Gasteiger partial charge in [0.25, 0.3) is 5.56 Å². The lowest BCUT2D eigenvalue weighted by Gasteiger charge is -2.15. The van der Waals surface area contributed by atoms with Crippen molar-refractivity contribution in [2.45, 2.75) is 0 Å². The Morgan fingerprint density at radius 1 is 1.15 bits per heavy atom. The van der Waals surface area contributed by atoms with Crippen LogP contribution in [-0.4, -0.2) is 41.9 Å². The average molecular weight is 356 g/mol. The van der Waals surface area contributed by atoms with Gasteiger partial charge in [0.1, 0.15) is 5.82 Å². The van der Waals surface area contributed by atoms with Crippen LogP contribution < -0.4 is 19.8 Å². The maximum atomic E-state index is 12.3. The number of nitrogens with zero attached hydrogens (tertiary/aromatic N) is 1. The summed E-state index contributed by atoms with van der Waals surface area (Å²) < 4.78 is 15.8. The zero-order valence-corrected chi connectivity index (χ0v) is 14.1. The first-order valence-corrected chi connectivity index (χ1v) is 7.63. The molecule has 0 amide bonds. The number of benzene rings is 2. The van der Waals surface area contributed by atoms with E-state index < -0.39 is 12.6 Å². The number of nitrogens with one attached hydrogen (secondary N) is 1. The highest BCUT2D eigenvalue weighted by Crippen LogP contribution is 2.40. The van der Waals surface area contributed by atoms with Gasteiger partial charge >= 0.3 is 5.97 Å². The topological polar surface area (TPSA) is 111 Å². The number of aromatic amines is 1. The number of carbonyl (C=O) groups is 1. The molecule has 2 aromatic carbocycles. The van der Waals surface area contributed by atoms with Crippen LogP contribution in [0.4, 0.5) is 0 Å². The summed E-state index contributed by atoms with van der Waals surface area (Å²) in [6.45, 7) is -0.545. The normalized spacial score (nSPS) is 10.5. The van der Waals surface area contributed by atoms with E-state index in [-0.39, 0.29) is 22.8 Å². The van der Waals surface area contributed by atoms with Crippen LogP contribution in [0.2, 0.25) is 0 Å². The number of carboxylic acid groups (broad SMARTS) is 1. The molecule has 134 valence electrons. The molecule has 0 saturated carbocycles. The summed E-state index contributed by atoms with van der Waals surface area (Å²) in [4.78, 5) is 30.2. The molecule has 3 aromatic rings. The van der Waals surface area contributed by atoms with E-state index in [1.54, 1.807) is 36.4 Å². The second-order valence-corrected chi connectivity index (χ2v) is 5.32. The van der Waals surface area contributed by atoms with Crippen molar-refractivity contribution in [3.8, 4) is 28.6 Å². The van der Waals surface area contributed by atoms with E-state index >= 15 is 0 Å². The monoisotopic (exact) mass is 356 g/mol. The Labute approximate surface area is 148 Å². The lowest BCUT2D eigenvalue weighted by molar-refractivity contribution is -0.139. The first-order valence-electron chi connectivity index (χ1n) is 7.63. The quantitative estimate of drug-likeness (QED) is 0.695. The van der Waals surface area contributed by atoms with Crippen molar-refractivity contribution in [3.63, 3.8) is 0 Å². The number of hydrogen-bond acceptors (Lipinski definition) is 6. The van der Waals surface area contributed by atoms with Crippen LogP contribution in [-0.2, 0) is 4.79 Å². The fourth-order valence-corrected chi connectivity index (χ4v) is 2.52. The highest BCUT2D eigenvalue weighted by atomic mass is 16.5. The molecule has 1 aromatic heterocycles. The van der Waals surface area contributed by atoms with E-state index in [0.29, 0.717) is 22.3 Å². The molecule has 8 nitrogen and oxygen atoms in total. The number of methoxy groups -OCH3 is 2. The number of rotatable bonds is 6. The van der Waals surface area contributed by atoms with Crippen molar-refractivity contribution in [2.24, 2.45) is 0 Å². The van der Waals surface area contributed by atoms with Gasteiger partial charge in [0.2, 0.25) is 5.75 Å². The van der Waals surface area contributed by atoms with E-state index in [1.165, 1.54) is 14.2 Å². The minimum atomic E-state index is -1.13. The summed E-state index contributed by atoms with van der Waals surface area (Å²) in [7, 11) is 2.84. The molecule has 3 rings (SSSR count). The van der Waals surface area contributed by atoms with Crippen LogP contribution in [0, 0.1) is 0 Å². The van der Waals surface area contributed by atoms with Crippen LogP contribution in [0.15, 0.2) is 41.2 Å². The van der Waals surface area contributed by atoms with Gasteiger partial charge in [0.15, 0.2) is 18.1 Å². The fraction of sp³-hybridized carbons (Fsp3) is 0.167. The molecular formula is C18H16N2O6. The Morgan fingerprint density at radius 3 is 2.42 bits per heavy atom. The van der Waals surface area contributed by atoms with Crippen LogP contribution in [0.1, 0.15) is 0 Å². The largest absolute Gasteiger partial charge is 0.493 e. The third-order valence-electron chi connectivity index (χ3n) is 3.69. The van der Waals surface area contributed by atoms with Gasteiger partial charge in [-0.1, -0.05) is 12.1 Å². The molecule has 0 radical (unpaired) electrons. The molecule has 8 heteroatoms. The van der Waals surface area contributed by atoms with Crippen LogP contribution in [0.25, 0.3) is 22.3 Å². The van der Waals surface area contributed by atoms with Crippen LogP contribution in [0.5, 0.6) is 17.2 Å². The van der Waals surface area contributed by atoms with Crippen molar-refractivity contribution in [2.75, 3.05) is 20.8 Å². The van der Waals surface area contributed by atoms with E-state index in [0.717, 1.165) is 0 Å². The highest BCUT2D eigenvalue weighted by Gasteiger charge is 2.17. The van der Waals surface area contributed by atoms with Gasteiger partial charge in [-0.15, -0.1) is 0 Å². The van der Waals surface area contributed by atoms with Gasteiger partial charge in [-0.3, -0.25) is 4.79 Å².